The van der Waals surface area contributed by atoms with Gasteiger partial charge in [0.15, 0.2) is 5.78 Å². The number of aryl methyl sites for hydroxylation is 1. The number of fused-ring (bicyclic) bond motifs is 3. The molecule has 0 N–H and O–H groups in total. The third kappa shape index (κ3) is 3.05. The number of ketones is 1. The predicted molar refractivity (Wildman–Crippen MR) is 109 cm³/mol. The molecular formula is C22H15N3O3S. The predicted octanol–water partition coefficient (Wildman–Crippen LogP) is 4.11. The number of thiazole rings is 1. The zero-order chi connectivity index (χ0) is 20.0. The van der Waals surface area contributed by atoms with Crippen molar-refractivity contribution < 1.29 is 14.3 Å². The molecule has 0 saturated carbocycles. The summed E-state index contributed by atoms with van der Waals surface area (Å²) in [6, 6.07) is 12.6. The monoisotopic (exact) mass is 401 g/mol. The Morgan fingerprint density at radius 2 is 1.90 bits per heavy atom. The SMILES string of the molecule is Cn1cc(-c2nc(COC(=O)c3ccc4c(c3)C(=O)c3ccccc3-4)cs2)cn1. The van der Waals surface area contributed by atoms with Gasteiger partial charge in [-0.1, -0.05) is 30.3 Å². The maximum absolute atomic E-state index is 12.6. The van der Waals surface area contributed by atoms with E-state index in [0.717, 1.165) is 21.7 Å². The average Bonchev–Trinajstić information content (AvgIpc) is 3.45. The number of hydrogen-bond acceptors (Lipinski definition) is 6. The van der Waals surface area contributed by atoms with E-state index in [1.165, 1.54) is 11.3 Å². The van der Waals surface area contributed by atoms with E-state index in [2.05, 4.69) is 10.1 Å². The molecule has 0 unspecified atom stereocenters. The standard InChI is InChI=1S/C22H15N3O3S/c1-25-10-14(9-23-25)21-24-15(12-29-21)11-28-22(27)13-6-7-17-16-4-2-3-5-18(16)20(26)19(17)8-13/h2-10,12H,11H2,1H3. The largest absolute Gasteiger partial charge is 0.456 e. The molecule has 0 amide bonds. The molecule has 0 fully saturated rings. The molecule has 7 heteroatoms. The number of ether oxygens (including phenoxy) is 1. The fourth-order valence-electron chi connectivity index (χ4n) is 3.42. The quantitative estimate of drug-likeness (QED) is 0.424. The Morgan fingerprint density at radius 1 is 1.10 bits per heavy atom. The number of aromatic nitrogens is 3. The molecule has 29 heavy (non-hydrogen) atoms. The van der Waals surface area contributed by atoms with Gasteiger partial charge in [-0.15, -0.1) is 11.3 Å². The highest BCUT2D eigenvalue weighted by Crippen LogP contribution is 2.36. The van der Waals surface area contributed by atoms with Crippen molar-refractivity contribution in [1.29, 1.82) is 0 Å². The van der Waals surface area contributed by atoms with Crippen LogP contribution in [0.3, 0.4) is 0 Å². The molecule has 0 saturated heterocycles. The first-order chi connectivity index (χ1) is 14.1. The first-order valence-corrected chi connectivity index (χ1v) is 9.87. The van der Waals surface area contributed by atoms with E-state index in [0.29, 0.717) is 22.4 Å². The summed E-state index contributed by atoms with van der Waals surface area (Å²) in [5.74, 6) is -0.543. The molecule has 1 aliphatic carbocycles. The van der Waals surface area contributed by atoms with E-state index < -0.39 is 5.97 Å². The summed E-state index contributed by atoms with van der Waals surface area (Å²) >= 11 is 1.47. The van der Waals surface area contributed by atoms with Crippen molar-refractivity contribution in [2.45, 2.75) is 6.61 Å². The van der Waals surface area contributed by atoms with Gasteiger partial charge in [-0.3, -0.25) is 9.48 Å². The molecule has 142 valence electrons. The number of rotatable bonds is 4. The van der Waals surface area contributed by atoms with Gasteiger partial charge in [-0.05, 0) is 23.3 Å². The zero-order valence-electron chi connectivity index (χ0n) is 15.5. The molecule has 2 heterocycles. The summed E-state index contributed by atoms with van der Waals surface area (Å²) in [5, 5.41) is 6.82. The van der Waals surface area contributed by atoms with Crippen molar-refractivity contribution in [1.82, 2.24) is 14.8 Å². The summed E-state index contributed by atoms with van der Waals surface area (Å²) in [4.78, 5) is 29.6. The summed E-state index contributed by atoms with van der Waals surface area (Å²) in [7, 11) is 1.85. The third-order valence-corrected chi connectivity index (χ3v) is 5.76. The number of nitrogens with zero attached hydrogens (tertiary/aromatic N) is 3. The number of carbonyl (C=O) groups is 2. The molecule has 1 aliphatic rings. The van der Waals surface area contributed by atoms with Crippen molar-refractivity contribution in [3.8, 4) is 21.7 Å². The molecule has 0 bridgehead atoms. The van der Waals surface area contributed by atoms with Crippen LogP contribution < -0.4 is 0 Å². The van der Waals surface area contributed by atoms with Crippen molar-refractivity contribution >= 4 is 23.1 Å². The Hall–Kier alpha value is -3.58. The third-order valence-electron chi connectivity index (χ3n) is 4.82. The van der Waals surface area contributed by atoms with Crippen molar-refractivity contribution in [2.75, 3.05) is 0 Å². The lowest BCUT2D eigenvalue weighted by Crippen LogP contribution is -2.07. The van der Waals surface area contributed by atoms with E-state index in [1.54, 1.807) is 35.1 Å². The van der Waals surface area contributed by atoms with Gasteiger partial charge in [-0.25, -0.2) is 9.78 Å². The van der Waals surface area contributed by atoms with E-state index in [9.17, 15) is 9.59 Å². The van der Waals surface area contributed by atoms with Gasteiger partial charge in [0.2, 0.25) is 0 Å². The summed E-state index contributed by atoms with van der Waals surface area (Å²) in [6.07, 6.45) is 3.63. The van der Waals surface area contributed by atoms with Gasteiger partial charge in [0.05, 0.1) is 17.5 Å². The minimum absolute atomic E-state index is 0.0640. The molecule has 0 aliphatic heterocycles. The Balaban J connectivity index is 1.31. The molecule has 2 aromatic carbocycles. The Kier molecular flexibility index (Phi) is 4.10. The molecule has 5 rings (SSSR count). The molecule has 0 radical (unpaired) electrons. The smallest absolute Gasteiger partial charge is 0.338 e. The lowest BCUT2D eigenvalue weighted by molar-refractivity contribution is 0.0468. The average molecular weight is 401 g/mol. The van der Waals surface area contributed by atoms with E-state index in [-0.39, 0.29) is 12.4 Å². The normalized spacial score (nSPS) is 12.0. The second-order valence-electron chi connectivity index (χ2n) is 6.76. The molecule has 4 aromatic rings. The fourth-order valence-corrected chi connectivity index (χ4v) is 4.20. The van der Waals surface area contributed by atoms with Crippen molar-refractivity contribution in [3.63, 3.8) is 0 Å². The number of hydrogen-bond donors (Lipinski definition) is 0. The lowest BCUT2D eigenvalue weighted by atomic mass is 10.0. The van der Waals surface area contributed by atoms with Crippen LogP contribution in [0.4, 0.5) is 0 Å². The maximum atomic E-state index is 12.6. The van der Waals surface area contributed by atoms with Crippen LogP contribution in [0.15, 0.2) is 60.2 Å². The van der Waals surface area contributed by atoms with Gasteiger partial charge in [0, 0.05) is 35.3 Å². The van der Waals surface area contributed by atoms with Crippen LogP contribution in [0, 0.1) is 0 Å². The Labute approximate surface area is 170 Å². The van der Waals surface area contributed by atoms with E-state index in [4.69, 9.17) is 4.74 Å². The first-order valence-electron chi connectivity index (χ1n) is 8.99. The minimum Gasteiger partial charge on any atom is -0.456 e. The number of benzene rings is 2. The van der Waals surface area contributed by atoms with E-state index in [1.807, 2.05) is 36.8 Å². The molecule has 2 aromatic heterocycles. The second kappa shape index (κ2) is 6.79. The number of esters is 1. The molecular weight excluding hydrogens is 386 g/mol. The van der Waals surface area contributed by atoms with E-state index >= 15 is 0 Å². The maximum Gasteiger partial charge on any atom is 0.338 e. The van der Waals surface area contributed by atoms with Crippen LogP contribution in [0.25, 0.3) is 21.7 Å². The summed E-state index contributed by atoms with van der Waals surface area (Å²) in [5.41, 5.74) is 4.90. The molecule has 0 spiro atoms. The highest BCUT2D eigenvalue weighted by molar-refractivity contribution is 7.13. The van der Waals surface area contributed by atoms with Crippen LogP contribution in [0.2, 0.25) is 0 Å². The highest BCUT2D eigenvalue weighted by atomic mass is 32.1. The number of carbonyl (C=O) groups excluding carboxylic acids is 2. The topological polar surface area (TPSA) is 74.1 Å². The fraction of sp³-hybridized carbons (Fsp3) is 0.0909. The van der Waals surface area contributed by atoms with Gasteiger partial charge < -0.3 is 4.74 Å². The van der Waals surface area contributed by atoms with Crippen LogP contribution in [0.5, 0.6) is 0 Å². The minimum atomic E-state index is -0.479. The van der Waals surface area contributed by atoms with Crippen LogP contribution in [0.1, 0.15) is 32.0 Å². The Bertz CT molecular complexity index is 1270. The van der Waals surface area contributed by atoms with Gasteiger partial charge in [0.1, 0.15) is 11.6 Å². The molecule has 6 nitrogen and oxygen atoms in total. The van der Waals surface area contributed by atoms with Crippen LogP contribution in [-0.2, 0) is 18.4 Å². The van der Waals surface area contributed by atoms with Crippen molar-refractivity contribution in [3.05, 3.63) is 82.6 Å². The zero-order valence-corrected chi connectivity index (χ0v) is 16.3. The first kappa shape index (κ1) is 17.5. The van der Waals surface area contributed by atoms with Gasteiger partial charge in [0.25, 0.3) is 0 Å². The Morgan fingerprint density at radius 3 is 2.69 bits per heavy atom. The van der Waals surface area contributed by atoms with Crippen LogP contribution in [-0.4, -0.2) is 26.5 Å². The van der Waals surface area contributed by atoms with Crippen molar-refractivity contribution in [2.24, 2.45) is 7.05 Å². The van der Waals surface area contributed by atoms with Gasteiger partial charge in [-0.2, -0.15) is 5.10 Å². The summed E-state index contributed by atoms with van der Waals surface area (Å²) in [6.45, 7) is 0.0703. The second-order valence-corrected chi connectivity index (χ2v) is 7.62. The lowest BCUT2D eigenvalue weighted by Gasteiger charge is -2.05. The molecule has 0 atom stereocenters. The summed E-state index contributed by atoms with van der Waals surface area (Å²) < 4.78 is 7.13. The highest BCUT2D eigenvalue weighted by Gasteiger charge is 2.27. The van der Waals surface area contributed by atoms with Gasteiger partial charge >= 0.3 is 5.97 Å². The van der Waals surface area contributed by atoms with Crippen LogP contribution >= 0.6 is 11.3 Å².